The average molecular weight is 869 g/mol. The van der Waals surface area contributed by atoms with Gasteiger partial charge in [0.2, 0.25) is 0 Å². The molecule has 0 saturated heterocycles. The molecular formula is C62H60O4. The molecule has 0 saturated carbocycles. The summed E-state index contributed by atoms with van der Waals surface area (Å²) in [6.07, 6.45) is 12.1. The fourth-order valence-corrected chi connectivity index (χ4v) is 9.90. The molecule has 0 atom stereocenters. The number of hydrogen-bond acceptors (Lipinski definition) is 4. The molecule has 9 rings (SSSR count). The molecule has 0 bridgehead atoms. The molecule has 0 aliphatic rings. The van der Waals surface area contributed by atoms with Crippen LogP contribution in [0.15, 0.2) is 158 Å². The van der Waals surface area contributed by atoms with Gasteiger partial charge in [-0.1, -0.05) is 223 Å². The second kappa shape index (κ2) is 21.0. The highest BCUT2D eigenvalue weighted by molar-refractivity contribution is 6.35. The van der Waals surface area contributed by atoms with Crippen LogP contribution in [0.25, 0.3) is 87.6 Å². The maximum absolute atomic E-state index is 12.4. The Morgan fingerprint density at radius 3 is 1.11 bits per heavy atom. The second-order valence-corrected chi connectivity index (χ2v) is 17.9. The van der Waals surface area contributed by atoms with Gasteiger partial charge in [0.05, 0.1) is 0 Å². The zero-order chi connectivity index (χ0) is 45.2. The summed E-state index contributed by atoms with van der Waals surface area (Å²) in [6, 6.07) is 57.0. The standard InChI is InChI=1S/C62H60O4/c1-3-5-7-9-11-27-59(63)65-41-43-29-33-45(34-30-43)47-19-13-15-21-49(47)51-37-39-57-56-26-18-24-54-52(38-40-58(62(54)56)55-25-17-23-53(51)61(55)57)50-22-16-14-20-48(50)46-35-31-44(32-36-46)42-66-60(64)28-12-10-8-6-4-2/h13-26,29-40H,3-12,27-28,41-42H2,1-2H3. The largest absolute Gasteiger partial charge is 0.461 e. The third kappa shape index (κ3) is 9.60. The minimum atomic E-state index is -0.118. The number of fused-ring (bicyclic) bond motifs is 2. The Kier molecular flexibility index (Phi) is 14.2. The van der Waals surface area contributed by atoms with Crippen molar-refractivity contribution in [2.75, 3.05) is 0 Å². The first-order valence-electron chi connectivity index (χ1n) is 24.3. The summed E-state index contributed by atoms with van der Waals surface area (Å²) in [5, 5.41) is 10.0. The lowest BCUT2D eigenvalue weighted by Gasteiger charge is -2.20. The van der Waals surface area contributed by atoms with Gasteiger partial charge in [0.25, 0.3) is 0 Å². The molecule has 4 nitrogen and oxygen atoms in total. The summed E-state index contributed by atoms with van der Waals surface area (Å²) < 4.78 is 11.3. The summed E-state index contributed by atoms with van der Waals surface area (Å²) in [7, 11) is 0. The van der Waals surface area contributed by atoms with E-state index in [0.29, 0.717) is 26.1 Å². The zero-order valence-electron chi connectivity index (χ0n) is 38.5. The minimum Gasteiger partial charge on any atom is -0.461 e. The van der Waals surface area contributed by atoms with Gasteiger partial charge in [-0.2, -0.15) is 0 Å². The van der Waals surface area contributed by atoms with Crippen LogP contribution in [0.2, 0.25) is 0 Å². The minimum absolute atomic E-state index is 0.118. The third-order valence-electron chi connectivity index (χ3n) is 13.4. The summed E-state index contributed by atoms with van der Waals surface area (Å²) in [5.74, 6) is -0.236. The molecular weight excluding hydrogens is 809 g/mol. The first kappa shape index (κ1) is 44.4. The molecule has 0 unspecified atom stereocenters. The van der Waals surface area contributed by atoms with Gasteiger partial charge in [-0.3, -0.25) is 9.59 Å². The smallest absolute Gasteiger partial charge is 0.306 e. The van der Waals surface area contributed by atoms with Crippen LogP contribution in [0.5, 0.6) is 0 Å². The van der Waals surface area contributed by atoms with Crippen molar-refractivity contribution in [3.8, 4) is 44.5 Å². The van der Waals surface area contributed by atoms with Crippen LogP contribution in [-0.2, 0) is 32.3 Å². The summed E-state index contributed by atoms with van der Waals surface area (Å²) in [6.45, 7) is 4.99. The first-order chi connectivity index (χ1) is 32.5. The maximum atomic E-state index is 12.4. The Morgan fingerprint density at radius 2 is 0.697 bits per heavy atom. The summed E-state index contributed by atoms with van der Waals surface area (Å²) >= 11 is 0. The lowest BCUT2D eigenvalue weighted by Crippen LogP contribution is -2.04. The highest BCUT2D eigenvalue weighted by atomic mass is 16.5. The molecule has 0 heterocycles. The number of benzene rings is 9. The highest BCUT2D eigenvalue weighted by Crippen LogP contribution is 2.47. The van der Waals surface area contributed by atoms with Crippen LogP contribution in [0.3, 0.4) is 0 Å². The fraction of sp³-hybridized carbons (Fsp3) is 0.258. The molecule has 66 heavy (non-hydrogen) atoms. The van der Waals surface area contributed by atoms with Gasteiger partial charge in [-0.15, -0.1) is 0 Å². The number of ether oxygens (including phenoxy) is 2. The zero-order valence-corrected chi connectivity index (χ0v) is 38.5. The van der Waals surface area contributed by atoms with Crippen LogP contribution in [0.4, 0.5) is 0 Å². The van der Waals surface area contributed by atoms with Gasteiger partial charge in [0, 0.05) is 12.8 Å². The van der Waals surface area contributed by atoms with Crippen molar-refractivity contribution in [3.63, 3.8) is 0 Å². The molecule has 332 valence electrons. The number of unbranched alkanes of at least 4 members (excludes halogenated alkanes) is 8. The third-order valence-corrected chi connectivity index (χ3v) is 13.4. The van der Waals surface area contributed by atoms with E-state index in [2.05, 4.69) is 172 Å². The molecule has 0 aliphatic carbocycles. The van der Waals surface area contributed by atoms with Crippen molar-refractivity contribution in [1.29, 1.82) is 0 Å². The fourth-order valence-electron chi connectivity index (χ4n) is 9.90. The maximum Gasteiger partial charge on any atom is 0.306 e. The summed E-state index contributed by atoms with van der Waals surface area (Å²) in [4.78, 5) is 24.8. The molecule has 9 aromatic rings. The van der Waals surface area contributed by atoms with Gasteiger partial charge in [0.1, 0.15) is 13.2 Å². The Balaban J connectivity index is 0.997. The highest BCUT2D eigenvalue weighted by Gasteiger charge is 2.20. The number of rotatable bonds is 20. The number of esters is 2. The van der Waals surface area contributed by atoms with E-state index in [-0.39, 0.29) is 11.9 Å². The van der Waals surface area contributed by atoms with Crippen LogP contribution < -0.4 is 0 Å². The van der Waals surface area contributed by atoms with Crippen molar-refractivity contribution in [2.45, 2.75) is 104 Å². The topological polar surface area (TPSA) is 52.6 Å². The van der Waals surface area contributed by atoms with Crippen LogP contribution in [-0.4, -0.2) is 11.9 Å². The number of carbonyl (C=O) groups excluding carboxylic acids is 2. The van der Waals surface area contributed by atoms with E-state index in [1.807, 2.05) is 0 Å². The Labute approximate surface area is 389 Å². The van der Waals surface area contributed by atoms with Crippen LogP contribution in [0.1, 0.15) is 102 Å². The molecule has 9 aromatic carbocycles. The van der Waals surface area contributed by atoms with Gasteiger partial charge < -0.3 is 9.47 Å². The van der Waals surface area contributed by atoms with Gasteiger partial charge in [-0.25, -0.2) is 0 Å². The van der Waals surface area contributed by atoms with Gasteiger partial charge in [0.15, 0.2) is 0 Å². The average Bonchev–Trinajstić information content (AvgIpc) is 3.36. The quantitative estimate of drug-likeness (QED) is 0.0331. The van der Waals surface area contributed by atoms with Crippen molar-refractivity contribution in [2.24, 2.45) is 0 Å². The normalized spacial score (nSPS) is 11.5. The monoisotopic (exact) mass is 868 g/mol. The molecule has 0 radical (unpaired) electrons. The molecule has 0 aromatic heterocycles. The second-order valence-electron chi connectivity index (χ2n) is 17.9. The molecule has 0 aliphatic heterocycles. The van der Waals surface area contributed by atoms with Crippen molar-refractivity contribution >= 4 is 55.0 Å². The SMILES string of the molecule is CCCCCCCC(=O)OCc1ccc(-c2ccccc2-c2ccc3c4cccc5c(-c6ccccc6-c6ccc(COC(=O)CCCCCCC)cc6)ccc(c6cccc2c63)c54)cc1. The Morgan fingerprint density at radius 1 is 0.333 bits per heavy atom. The van der Waals surface area contributed by atoms with Crippen LogP contribution >= 0.6 is 0 Å². The molecule has 0 amide bonds. The lowest BCUT2D eigenvalue weighted by molar-refractivity contribution is -0.146. The van der Waals surface area contributed by atoms with Crippen LogP contribution in [0, 0.1) is 0 Å². The number of carbonyl (C=O) groups is 2. The van der Waals surface area contributed by atoms with E-state index in [9.17, 15) is 9.59 Å². The van der Waals surface area contributed by atoms with E-state index in [0.717, 1.165) is 59.1 Å². The predicted molar refractivity (Wildman–Crippen MR) is 276 cm³/mol. The van der Waals surface area contributed by atoms with E-state index in [1.165, 1.54) is 104 Å². The Bertz CT molecular complexity index is 2860. The molecule has 0 fully saturated rings. The predicted octanol–water partition coefficient (Wildman–Crippen LogP) is 17.2. The lowest BCUT2D eigenvalue weighted by atomic mass is 9.83. The van der Waals surface area contributed by atoms with Crippen molar-refractivity contribution < 1.29 is 19.1 Å². The van der Waals surface area contributed by atoms with E-state index in [4.69, 9.17) is 9.47 Å². The van der Waals surface area contributed by atoms with E-state index < -0.39 is 0 Å². The first-order valence-corrected chi connectivity index (χ1v) is 24.3. The van der Waals surface area contributed by atoms with Gasteiger partial charge >= 0.3 is 11.9 Å². The van der Waals surface area contributed by atoms with Crippen molar-refractivity contribution in [3.05, 3.63) is 169 Å². The number of hydrogen-bond donors (Lipinski definition) is 0. The van der Waals surface area contributed by atoms with Crippen molar-refractivity contribution in [1.82, 2.24) is 0 Å². The van der Waals surface area contributed by atoms with E-state index in [1.54, 1.807) is 0 Å². The molecule has 0 spiro atoms. The molecule has 0 N–H and O–H groups in total. The van der Waals surface area contributed by atoms with E-state index >= 15 is 0 Å². The molecule has 4 heteroatoms. The summed E-state index contributed by atoms with van der Waals surface area (Å²) in [5.41, 5.74) is 11.3. The van der Waals surface area contributed by atoms with Gasteiger partial charge in [-0.05, 0) is 112 Å². The Hall–Kier alpha value is -6.78.